The Bertz CT molecular complexity index is 783. The summed E-state index contributed by atoms with van der Waals surface area (Å²) in [6.07, 6.45) is 0.0938. The van der Waals surface area contributed by atoms with Crippen molar-refractivity contribution in [3.63, 3.8) is 0 Å². The van der Waals surface area contributed by atoms with Crippen LogP contribution in [0, 0.1) is 5.92 Å². The van der Waals surface area contributed by atoms with Gasteiger partial charge in [0.2, 0.25) is 11.8 Å². The summed E-state index contributed by atoms with van der Waals surface area (Å²) in [4.78, 5) is 26.3. The number of hydrogen-bond acceptors (Lipinski definition) is 3. The monoisotopic (exact) mass is 360 g/mol. The average molecular weight is 360 g/mol. The van der Waals surface area contributed by atoms with E-state index in [1.54, 1.807) is 11.0 Å². The second-order valence-corrected chi connectivity index (χ2v) is 6.02. The molecule has 0 radical (unpaired) electrons. The molecule has 1 saturated heterocycles. The smallest absolute Gasteiger partial charge is 0.387 e. The second kappa shape index (κ2) is 7.95. The summed E-state index contributed by atoms with van der Waals surface area (Å²) in [5.41, 5.74) is 1.14. The molecular weight excluding hydrogens is 342 g/mol. The zero-order valence-corrected chi connectivity index (χ0v) is 13.9. The van der Waals surface area contributed by atoms with Crippen molar-refractivity contribution in [2.45, 2.75) is 19.6 Å². The molecule has 7 heteroatoms. The molecule has 5 nitrogen and oxygen atoms in total. The third-order valence-electron chi connectivity index (χ3n) is 4.16. The number of hydrogen-bond donors (Lipinski definition) is 1. The van der Waals surface area contributed by atoms with Crippen molar-refractivity contribution >= 4 is 17.5 Å². The van der Waals surface area contributed by atoms with E-state index in [0.717, 1.165) is 5.56 Å². The van der Waals surface area contributed by atoms with Crippen LogP contribution >= 0.6 is 0 Å². The molecule has 1 aliphatic heterocycles. The number of amides is 2. The van der Waals surface area contributed by atoms with Crippen molar-refractivity contribution in [2.75, 3.05) is 11.9 Å². The van der Waals surface area contributed by atoms with E-state index >= 15 is 0 Å². The van der Waals surface area contributed by atoms with Crippen molar-refractivity contribution < 1.29 is 23.1 Å². The largest absolute Gasteiger partial charge is 0.433 e. The first kappa shape index (κ1) is 17.8. The molecule has 0 bridgehead atoms. The van der Waals surface area contributed by atoms with Crippen LogP contribution in [-0.2, 0) is 16.1 Å². The van der Waals surface area contributed by atoms with E-state index in [1.165, 1.54) is 18.2 Å². The third kappa shape index (κ3) is 4.36. The van der Waals surface area contributed by atoms with Gasteiger partial charge in [0.05, 0.1) is 11.6 Å². The highest BCUT2D eigenvalue weighted by Gasteiger charge is 2.34. The van der Waals surface area contributed by atoms with Crippen LogP contribution in [0.2, 0.25) is 0 Å². The number of nitrogens with one attached hydrogen (secondary N) is 1. The van der Waals surface area contributed by atoms with Crippen molar-refractivity contribution in [3.8, 4) is 5.75 Å². The van der Waals surface area contributed by atoms with Gasteiger partial charge in [0.15, 0.2) is 0 Å². The van der Waals surface area contributed by atoms with Crippen LogP contribution < -0.4 is 10.1 Å². The lowest BCUT2D eigenvalue weighted by molar-refractivity contribution is -0.128. The predicted molar refractivity (Wildman–Crippen MR) is 91.7 cm³/mol. The summed E-state index contributed by atoms with van der Waals surface area (Å²) in [6.45, 7) is -2.26. The molecule has 0 aliphatic carbocycles. The molecule has 0 saturated carbocycles. The van der Waals surface area contributed by atoms with E-state index in [2.05, 4.69) is 10.1 Å². The Morgan fingerprint density at radius 2 is 1.85 bits per heavy atom. The van der Waals surface area contributed by atoms with Crippen LogP contribution in [0.1, 0.15) is 12.0 Å². The van der Waals surface area contributed by atoms with Gasteiger partial charge >= 0.3 is 6.61 Å². The Morgan fingerprint density at radius 1 is 1.15 bits per heavy atom. The fourth-order valence-corrected chi connectivity index (χ4v) is 2.91. The van der Waals surface area contributed by atoms with E-state index in [9.17, 15) is 18.4 Å². The van der Waals surface area contributed by atoms with E-state index in [-0.39, 0.29) is 36.2 Å². The van der Waals surface area contributed by atoms with Crippen molar-refractivity contribution in [2.24, 2.45) is 5.92 Å². The highest BCUT2D eigenvalue weighted by atomic mass is 19.3. The number of rotatable bonds is 6. The Morgan fingerprint density at radius 3 is 2.58 bits per heavy atom. The molecule has 1 N–H and O–H groups in total. The molecule has 1 heterocycles. The topological polar surface area (TPSA) is 58.6 Å². The lowest BCUT2D eigenvalue weighted by Gasteiger charge is -2.17. The minimum absolute atomic E-state index is 0.0938. The minimum atomic E-state index is -2.98. The lowest BCUT2D eigenvalue weighted by atomic mass is 10.1. The van der Waals surface area contributed by atoms with Gasteiger partial charge in [-0.3, -0.25) is 9.59 Å². The van der Waals surface area contributed by atoms with Gasteiger partial charge in [-0.2, -0.15) is 8.78 Å². The summed E-state index contributed by atoms with van der Waals surface area (Å²) in [5, 5.41) is 2.59. The summed E-state index contributed by atoms with van der Waals surface area (Å²) >= 11 is 0. The first-order valence-electron chi connectivity index (χ1n) is 8.19. The standard InChI is InChI=1S/C19H18F2N2O3/c20-19(21)26-16-9-5-4-8-15(16)22-18(25)14-10-17(24)23(12-14)11-13-6-2-1-3-7-13/h1-9,14,19H,10-12H2,(H,22,25)/t14-/m0/s1. The molecule has 1 atom stereocenters. The highest BCUT2D eigenvalue weighted by Crippen LogP contribution is 2.28. The molecule has 26 heavy (non-hydrogen) atoms. The Labute approximate surface area is 149 Å². The Kier molecular flexibility index (Phi) is 5.46. The number of para-hydroxylation sites is 2. The SMILES string of the molecule is O=C(Nc1ccccc1OC(F)F)[C@H]1CC(=O)N(Cc2ccccc2)C1. The van der Waals surface area contributed by atoms with Gasteiger partial charge < -0.3 is 15.0 Å². The van der Waals surface area contributed by atoms with Crippen molar-refractivity contribution in [1.29, 1.82) is 0 Å². The number of halogens is 2. The number of carbonyl (C=O) groups is 2. The molecule has 3 rings (SSSR count). The number of nitrogens with zero attached hydrogens (tertiary/aromatic N) is 1. The van der Waals surface area contributed by atoms with Crippen LogP contribution in [-0.4, -0.2) is 29.9 Å². The van der Waals surface area contributed by atoms with Gasteiger partial charge in [-0.15, -0.1) is 0 Å². The van der Waals surface area contributed by atoms with Gasteiger partial charge in [-0.1, -0.05) is 42.5 Å². The molecule has 136 valence electrons. The Balaban J connectivity index is 1.63. The maximum absolute atomic E-state index is 12.5. The number of ether oxygens (including phenoxy) is 1. The first-order chi connectivity index (χ1) is 12.5. The zero-order chi connectivity index (χ0) is 18.5. The summed E-state index contributed by atoms with van der Waals surface area (Å²) in [5.74, 6) is -1.14. The van der Waals surface area contributed by atoms with Crippen molar-refractivity contribution in [1.82, 2.24) is 4.90 Å². The lowest BCUT2D eigenvalue weighted by Crippen LogP contribution is -2.28. The minimum Gasteiger partial charge on any atom is -0.433 e. The average Bonchev–Trinajstić information content (AvgIpc) is 2.98. The van der Waals surface area contributed by atoms with Gasteiger partial charge in [0.25, 0.3) is 0 Å². The first-order valence-corrected chi connectivity index (χ1v) is 8.19. The number of carbonyl (C=O) groups excluding carboxylic acids is 2. The summed E-state index contributed by atoms with van der Waals surface area (Å²) in [7, 11) is 0. The summed E-state index contributed by atoms with van der Waals surface area (Å²) in [6, 6.07) is 15.5. The van der Waals surface area contributed by atoms with Gasteiger partial charge in [-0.25, -0.2) is 0 Å². The van der Waals surface area contributed by atoms with Crippen LogP contribution in [0.5, 0.6) is 5.75 Å². The van der Waals surface area contributed by atoms with Crippen LogP contribution in [0.4, 0.5) is 14.5 Å². The number of anilines is 1. The number of benzene rings is 2. The summed E-state index contributed by atoms with van der Waals surface area (Å²) < 4.78 is 29.3. The van der Waals surface area contributed by atoms with Crippen molar-refractivity contribution in [3.05, 3.63) is 60.2 Å². The third-order valence-corrected chi connectivity index (χ3v) is 4.16. The fourth-order valence-electron chi connectivity index (χ4n) is 2.91. The van der Waals surface area contributed by atoms with Crippen LogP contribution in [0.15, 0.2) is 54.6 Å². The van der Waals surface area contributed by atoms with E-state index in [4.69, 9.17) is 0 Å². The molecule has 0 unspecified atom stereocenters. The second-order valence-electron chi connectivity index (χ2n) is 6.02. The maximum Gasteiger partial charge on any atom is 0.387 e. The van der Waals surface area contributed by atoms with E-state index in [0.29, 0.717) is 6.54 Å². The quantitative estimate of drug-likeness (QED) is 0.860. The van der Waals surface area contributed by atoms with Gasteiger partial charge in [0, 0.05) is 19.5 Å². The molecule has 2 aromatic carbocycles. The van der Waals surface area contributed by atoms with Gasteiger partial charge in [0.1, 0.15) is 5.75 Å². The fraction of sp³-hybridized carbons (Fsp3) is 0.263. The van der Waals surface area contributed by atoms with Gasteiger partial charge in [-0.05, 0) is 17.7 Å². The molecule has 1 aliphatic rings. The number of alkyl halides is 2. The highest BCUT2D eigenvalue weighted by molar-refractivity contribution is 5.98. The zero-order valence-electron chi connectivity index (χ0n) is 13.9. The number of likely N-dealkylation sites (tertiary alicyclic amines) is 1. The maximum atomic E-state index is 12.5. The molecule has 0 aromatic heterocycles. The normalized spacial score (nSPS) is 16.8. The van der Waals surface area contributed by atoms with E-state index < -0.39 is 12.5 Å². The predicted octanol–water partition coefficient (Wildman–Crippen LogP) is 3.28. The van der Waals surface area contributed by atoms with Crippen LogP contribution in [0.3, 0.4) is 0 Å². The molecule has 2 amide bonds. The molecule has 1 fully saturated rings. The molecule has 0 spiro atoms. The van der Waals surface area contributed by atoms with E-state index in [1.807, 2.05) is 30.3 Å². The Hall–Kier alpha value is -2.96. The molecule has 2 aromatic rings. The molecular formula is C19H18F2N2O3. The van der Waals surface area contributed by atoms with Crippen LogP contribution in [0.25, 0.3) is 0 Å².